The second-order valence-corrected chi connectivity index (χ2v) is 6.39. The maximum atomic E-state index is 12.4. The Morgan fingerprint density at radius 1 is 1.17 bits per heavy atom. The van der Waals surface area contributed by atoms with Crippen LogP contribution in [0.5, 0.6) is 5.75 Å². The first kappa shape index (κ1) is 18.3. The third-order valence-corrected chi connectivity index (χ3v) is 4.15. The average molecular weight is 346 g/mol. The smallest absolute Gasteiger partial charge is 0.261 e. The highest BCUT2D eigenvalue weighted by molar-refractivity contribution is 6.30. The summed E-state index contributed by atoms with van der Waals surface area (Å²) < 4.78 is 5.93. The van der Waals surface area contributed by atoms with Crippen molar-refractivity contribution in [3.05, 3.63) is 64.2 Å². The van der Waals surface area contributed by atoms with Crippen molar-refractivity contribution in [1.82, 2.24) is 5.32 Å². The summed E-state index contributed by atoms with van der Waals surface area (Å²) in [5.41, 5.74) is 3.30. The van der Waals surface area contributed by atoms with Crippen LogP contribution in [0, 0.1) is 13.8 Å². The molecule has 0 bridgehead atoms. The van der Waals surface area contributed by atoms with Crippen LogP contribution in [0.2, 0.25) is 5.02 Å². The van der Waals surface area contributed by atoms with Crippen molar-refractivity contribution in [2.45, 2.75) is 39.7 Å². The van der Waals surface area contributed by atoms with Gasteiger partial charge in [-0.3, -0.25) is 4.79 Å². The lowest BCUT2D eigenvalue weighted by Crippen LogP contribution is -2.39. The van der Waals surface area contributed by atoms with Gasteiger partial charge < -0.3 is 10.1 Å². The summed E-state index contributed by atoms with van der Waals surface area (Å²) in [4.78, 5) is 12.4. The number of aryl methyl sites for hydroxylation is 2. The first-order chi connectivity index (χ1) is 11.5. The lowest BCUT2D eigenvalue weighted by atomic mass is 10.1. The number of benzene rings is 2. The Morgan fingerprint density at radius 3 is 2.54 bits per heavy atom. The first-order valence-corrected chi connectivity index (χ1v) is 8.63. The molecule has 2 rings (SSSR count). The molecule has 1 atom stereocenters. The Balaban J connectivity index is 1.89. The molecule has 1 unspecified atom stereocenters. The molecule has 0 fully saturated rings. The van der Waals surface area contributed by atoms with Gasteiger partial charge in [-0.05, 0) is 61.6 Å². The van der Waals surface area contributed by atoms with Crippen molar-refractivity contribution in [1.29, 1.82) is 0 Å². The predicted octanol–water partition coefficient (Wildman–Crippen LogP) is 4.47. The standard InChI is InChI=1S/C20H24ClNO2/c1-4-18(24-19-13-14(2)5-6-15(19)3)20(23)22-12-11-16-7-9-17(21)10-8-16/h5-10,13,18H,4,11-12H2,1-3H3,(H,22,23). The van der Waals surface area contributed by atoms with Crippen LogP contribution in [0.1, 0.15) is 30.0 Å². The van der Waals surface area contributed by atoms with Gasteiger partial charge in [-0.25, -0.2) is 0 Å². The summed E-state index contributed by atoms with van der Waals surface area (Å²) >= 11 is 5.87. The van der Waals surface area contributed by atoms with Gasteiger partial charge in [0.15, 0.2) is 6.10 Å². The summed E-state index contributed by atoms with van der Waals surface area (Å²) in [5.74, 6) is 0.696. The Morgan fingerprint density at radius 2 is 1.88 bits per heavy atom. The van der Waals surface area contributed by atoms with Gasteiger partial charge in [0, 0.05) is 11.6 Å². The van der Waals surface area contributed by atoms with Gasteiger partial charge in [0.2, 0.25) is 0 Å². The summed E-state index contributed by atoms with van der Waals surface area (Å²) in [6.07, 6.45) is 0.916. The second-order valence-electron chi connectivity index (χ2n) is 5.95. The minimum Gasteiger partial charge on any atom is -0.480 e. The molecule has 0 aromatic heterocycles. The van der Waals surface area contributed by atoms with E-state index in [1.54, 1.807) is 0 Å². The van der Waals surface area contributed by atoms with E-state index in [0.717, 1.165) is 33.9 Å². The molecule has 2 aromatic rings. The number of amides is 1. The number of hydrogen-bond donors (Lipinski definition) is 1. The van der Waals surface area contributed by atoms with E-state index in [4.69, 9.17) is 16.3 Å². The fourth-order valence-corrected chi connectivity index (χ4v) is 2.53. The van der Waals surface area contributed by atoms with Gasteiger partial charge in [0.25, 0.3) is 5.91 Å². The third-order valence-electron chi connectivity index (χ3n) is 3.90. The second kappa shape index (κ2) is 8.74. The molecular weight excluding hydrogens is 322 g/mol. The highest BCUT2D eigenvalue weighted by Crippen LogP contribution is 2.21. The molecule has 0 aliphatic heterocycles. The van der Waals surface area contributed by atoms with Crippen LogP contribution in [0.15, 0.2) is 42.5 Å². The maximum absolute atomic E-state index is 12.4. The zero-order valence-electron chi connectivity index (χ0n) is 14.4. The molecule has 0 aliphatic rings. The number of nitrogens with one attached hydrogen (secondary N) is 1. The summed E-state index contributed by atoms with van der Waals surface area (Å²) in [6.45, 7) is 6.53. The van der Waals surface area contributed by atoms with Crippen molar-refractivity contribution in [2.75, 3.05) is 6.54 Å². The number of carbonyl (C=O) groups excluding carboxylic acids is 1. The fourth-order valence-electron chi connectivity index (χ4n) is 2.40. The quantitative estimate of drug-likeness (QED) is 0.803. The zero-order chi connectivity index (χ0) is 17.5. The van der Waals surface area contributed by atoms with E-state index in [1.807, 2.05) is 63.2 Å². The van der Waals surface area contributed by atoms with E-state index in [9.17, 15) is 4.79 Å². The molecule has 0 saturated carbocycles. The molecule has 0 heterocycles. The van der Waals surface area contributed by atoms with Gasteiger partial charge in [-0.1, -0.05) is 42.8 Å². The lowest BCUT2D eigenvalue weighted by molar-refractivity contribution is -0.128. The van der Waals surface area contributed by atoms with E-state index in [-0.39, 0.29) is 5.91 Å². The van der Waals surface area contributed by atoms with Gasteiger partial charge in [0.05, 0.1) is 0 Å². The molecule has 24 heavy (non-hydrogen) atoms. The van der Waals surface area contributed by atoms with Crippen molar-refractivity contribution >= 4 is 17.5 Å². The van der Waals surface area contributed by atoms with E-state index in [2.05, 4.69) is 5.32 Å². The topological polar surface area (TPSA) is 38.3 Å². The molecule has 0 aliphatic carbocycles. The average Bonchev–Trinajstić information content (AvgIpc) is 2.57. The highest BCUT2D eigenvalue weighted by atomic mass is 35.5. The minimum absolute atomic E-state index is 0.0765. The first-order valence-electron chi connectivity index (χ1n) is 8.25. The molecule has 0 saturated heterocycles. The summed E-state index contributed by atoms with van der Waals surface area (Å²) in [6, 6.07) is 13.7. The number of halogens is 1. The monoisotopic (exact) mass is 345 g/mol. The minimum atomic E-state index is -0.476. The molecule has 1 amide bonds. The van der Waals surface area contributed by atoms with E-state index >= 15 is 0 Å². The van der Waals surface area contributed by atoms with Gasteiger partial charge in [-0.2, -0.15) is 0 Å². The number of carbonyl (C=O) groups is 1. The van der Waals surface area contributed by atoms with Gasteiger partial charge in [0.1, 0.15) is 5.75 Å². The fraction of sp³-hybridized carbons (Fsp3) is 0.350. The lowest BCUT2D eigenvalue weighted by Gasteiger charge is -2.19. The van der Waals surface area contributed by atoms with Gasteiger partial charge in [-0.15, -0.1) is 0 Å². The van der Waals surface area contributed by atoms with Crippen LogP contribution < -0.4 is 10.1 Å². The summed E-state index contributed by atoms with van der Waals surface area (Å²) in [7, 11) is 0. The summed E-state index contributed by atoms with van der Waals surface area (Å²) in [5, 5.41) is 3.67. The molecule has 0 radical (unpaired) electrons. The van der Waals surface area contributed by atoms with Crippen molar-refractivity contribution in [2.24, 2.45) is 0 Å². The normalized spacial score (nSPS) is 11.8. The van der Waals surface area contributed by atoms with Gasteiger partial charge >= 0.3 is 0 Å². The van der Waals surface area contributed by atoms with Crippen LogP contribution in [0.25, 0.3) is 0 Å². The Bertz CT molecular complexity index is 683. The molecule has 0 spiro atoms. The van der Waals surface area contributed by atoms with Crippen LogP contribution in [0.4, 0.5) is 0 Å². The van der Waals surface area contributed by atoms with E-state index in [1.165, 1.54) is 0 Å². The molecule has 1 N–H and O–H groups in total. The van der Waals surface area contributed by atoms with E-state index < -0.39 is 6.10 Å². The molecule has 4 heteroatoms. The van der Waals surface area contributed by atoms with E-state index in [0.29, 0.717) is 13.0 Å². The molecule has 128 valence electrons. The number of hydrogen-bond acceptors (Lipinski definition) is 2. The Hall–Kier alpha value is -2.00. The highest BCUT2D eigenvalue weighted by Gasteiger charge is 2.18. The van der Waals surface area contributed by atoms with Crippen molar-refractivity contribution in [3.8, 4) is 5.75 Å². The molecule has 3 nitrogen and oxygen atoms in total. The predicted molar refractivity (Wildman–Crippen MR) is 98.8 cm³/mol. The van der Waals surface area contributed by atoms with Crippen molar-refractivity contribution in [3.63, 3.8) is 0 Å². The van der Waals surface area contributed by atoms with Crippen LogP contribution in [-0.2, 0) is 11.2 Å². The number of rotatable bonds is 7. The van der Waals surface area contributed by atoms with Crippen LogP contribution >= 0.6 is 11.6 Å². The SMILES string of the molecule is CCC(Oc1cc(C)ccc1C)C(=O)NCCc1ccc(Cl)cc1. The maximum Gasteiger partial charge on any atom is 0.261 e. The van der Waals surface area contributed by atoms with Crippen LogP contribution in [0.3, 0.4) is 0 Å². The Labute approximate surface area is 149 Å². The largest absolute Gasteiger partial charge is 0.480 e. The van der Waals surface area contributed by atoms with Crippen molar-refractivity contribution < 1.29 is 9.53 Å². The van der Waals surface area contributed by atoms with Crippen LogP contribution in [-0.4, -0.2) is 18.6 Å². The molecule has 2 aromatic carbocycles. The zero-order valence-corrected chi connectivity index (χ0v) is 15.2. The third kappa shape index (κ3) is 5.27. The number of ether oxygens (including phenoxy) is 1. The molecular formula is C20H24ClNO2. The Kier molecular flexibility index (Phi) is 6.68.